The summed E-state index contributed by atoms with van der Waals surface area (Å²) in [4.78, 5) is 110. The van der Waals surface area contributed by atoms with Gasteiger partial charge in [-0.25, -0.2) is 28.2 Å². The van der Waals surface area contributed by atoms with Crippen LogP contribution in [0.15, 0.2) is 40.5 Å². The number of cyclic esters (lactones) is 1. The molecule has 25 heteroatoms. The first-order chi connectivity index (χ1) is 37.6. The molecule has 6 heterocycles. The van der Waals surface area contributed by atoms with E-state index in [4.69, 9.17) is 23.9 Å². The van der Waals surface area contributed by atoms with Gasteiger partial charge in [0.05, 0.1) is 41.1 Å². The number of ether oxygens (including phenoxy) is 4. The van der Waals surface area contributed by atoms with E-state index < -0.39 is 69.2 Å². The van der Waals surface area contributed by atoms with E-state index >= 15 is 0 Å². The molecule has 5 N–H and O–H groups in total. The highest BCUT2D eigenvalue weighted by Gasteiger charge is 2.45. The van der Waals surface area contributed by atoms with Gasteiger partial charge in [0, 0.05) is 67.2 Å². The molecule has 0 fully saturated rings. The van der Waals surface area contributed by atoms with Gasteiger partial charge in [-0.1, -0.05) is 32.6 Å². The van der Waals surface area contributed by atoms with E-state index in [1.54, 1.807) is 42.4 Å². The summed E-state index contributed by atoms with van der Waals surface area (Å²) in [6, 6.07) is 3.23. The highest BCUT2D eigenvalue weighted by molar-refractivity contribution is 7.90. The third-order valence-corrected chi connectivity index (χ3v) is 14.7. The van der Waals surface area contributed by atoms with Gasteiger partial charge in [0.15, 0.2) is 17.1 Å². The molecule has 24 nitrogen and oxygen atoms in total. The van der Waals surface area contributed by atoms with Crippen molar-refractivity contribution in [1.82, 2.24) is 50.6 Å². The molecule has 0 unspecified atom stereocenters. The average molecular weight is 1110 g/mol. The first kappa shape index (κ1) is 59.1. The fourth-order valence-electron chi connectivity index (χ4n) is 9.42. The summed E-state index contributed by atoms with van der Waals surface area (Å²) in [5.41, 5.74) is 1.42. The van der Waals surface area contributed by atoms with Crippen molar-refractivity contribution in [1.29, 1.82) is 0 Å². The first-order valence-corrected chi connectivity index (χ1v) is 28.1. The summed E-state index contributed by atoms with van der Waals surface area (Å²) in [5.74, 6) is 3.04. The summed E-state index contributed by atoms with van der Waals surface area (Å²) in [5, 5.41) is 22.5. The van der Waals surface area contributed by atoms with Crippen molar-refractivity contribution < 1.29 is 61.2 Å². The predicted molar refractivity (Wildman–Crippen MR) is 286 cm³/mol. The number of sulfone groups is 1. The summed E-state index contributed by atoms with van der Waals surface area (Å²) in [6.07, 6.45) is 6.25. The molecule has 3 aliphatic rings. The smallest absolute Gasteiger partial charge is 0.343 e. The monoisotopic (exact) mass is 1110 g/mol. The lowest BCUT2D eigenvalue weighted by atomic mass is 9.86. The topological polar surface area (TPSA) is 309 Å². The number of aromatic nitrogens is 4. The summed E-state index contributed by atoms with van der Waals surface area (Å²) < 4.78 is 46.9. The fourth-order valence-corrected chi connectivity index (χ4v) is 9.91. The molecular formula is C54H68N10O14S. The van der Waals surface area contributed by atoms with E-state index in [1.807, 2.05) is 32.0 Å². The number of unbranched alkanes of at least 4 members (excludes halogenated alkanes) is 2. The quantitative estimate of drug-likeness (QED) is 0.0180. The van der Waals surface area contributed by atoms with Crippen LogP contribution in [0, 0.1) is 17.8 Å². The Morgan fingerprint density at radius 2 is 1.66 bits per heavy atom. The maximum atomic E-state index is 14.0. The highest BCUT2D eigenvalue weighted by atomic mass is 32.2. The molecule has 0 aliphatic carbocycles. The van der Waals surface area contributed by atoms with Gasteiger partial charge in [-0.3, -0.25) is 28.8 Å². The van der Waals surface area contributed by atoms with Crippen molar-refractivity contribution in [2.45, 2.75) is 115 Å². The average Bonchev–Trinajstić information content (AvgIpc) is 4.28. The Morgan fingerprint density at radius 3 is 2.34 bits per heavy atom. The van der Waals surface area contributed by atoms with Gasteiger partial charge >= 0.3 is 5.97 Å². The number of nitrogens with zero attached hydrogens (tertiary/aromatic N) is 6. The van der Waals surface area contributed by atoms with Crippen molar-refractivity contribution in [2.24, 2.45) is 5.92 Å². The molecule has 424 valence electrons. The number of hydrogen-bond donors (Lipinski definition) is 5. The lowest BCUT2D eigenvalue weighted by Crippen LogP contribution is -2.56. The van der Waals surface area contributed by atoms with Gasteiger partial charge in [0.2, 0.25) is 51.3 Å². The second-order valence-electron chi connectivity index (χ2n) is 20.1. The second kappa shape index (κ2) is 26.0. The lowest BCUT2D eigenvalue weighted by molar-refractivity contribution is -0.172. The van der Waals surface area contributed by atoms with E-state index in [2.05, 4.69) is 43.1 Å². The Balaban J connectivity index is 0.909. The van der Waals surface area contributed by atoms with Crippen LogP contribution in [-0.2, 0) is 73.3 Å². The number of carbonyl (C=O) groups is 6. The SMILES string of the molecule is CCN(CCc1c2c(nc3cc4c(cc13)OCO4)-c1cc3c(c(=O)n1C2)COC(=O)[C@]3(O)CC)C(=O)COCNC(=O)CNC(=O)[C@H](CCCCN(C)C)NC(=O)[C@@H](NC(=O)CCCC#Cc1cnc(S(C)(=O)=O)nc1)C(C)C. The van der Waals surface area contributed by atoms with Gasteiger partial charge in [-0.2, -0.15) is 0 Å². The molecule has 0 saturated heterocycles. The van der Waals surface area contributed by atoms with Gasteiger partial charge in [-0.15, -0.1) is 0 Å². The predicted octanol–water partition coefficient (Wildman–Crippen LogP) is 1.18. The van der Waals surface area contributed by atoms with E-state index in [-0.39, 0.29) is 87.2 Å². The van der Waals surface area contributed by atoms with Gasteiger partial charge in [-0.05, 0) is 89.7 Å². The maximum absolute atomic E-state index is 14.0. The molecule has 79 heavy (non-hydrogen) atoms. The van der Waals surface area contributed by atoms with Gasteiger partial charge in [0.25, 0.3) is 5.56 Å². The van der Waals surface area contributed by atoms with Crippen LogP contribution in [0.1, 0.15) is 100 Å². The molecule has 0 bridgehead atoms. The minimum atomic E-state index is -3.55. The van der Waals surface area contributed by atoms with Crippen molar-refractivity contribution >= 4 is 56.2 Å². The highest BCUT2D eigenvalue weighted by Crippen LogP contribution is 2.43. The van der Waals surface area contributed by atoms with Crippen molar-refractivity contribution in [2.75, 3.05) is 66.7 Å². The molecule has 0 spiro atoms. The minimum absolute atomic E-state index is 0.00650. The van der Waals surface area contributed by atoms with E-state index in [0.29, 0.717) is 66.2 Å². The second-order valence-corrected chi connectivity index (χ2v) is 22.0. The van der Waals surface area contributed by atoms with Crippen molar-refractivity contribution in [3.8, 4) is 34.7 Å². The van der Waals surface area contributed by atoms with Crippen LogP contribution < -0.4 is 36.3 Å². The van der Waals surface area contributed by atoms with E-state index in [0.717, 1.165) is 35.7 Å². The van der Waals surface area contributed by atoms with Crippen molar-refractivity contribution in [3.63, 3.8) is 0 Å². The van der Waals surface area contributed by atoms with Gasteiger partial charge < -0.3 is 59.7 Å². The Bertz CT molecular complexity index is 3230. The third kappa shape index (κ3) is 14.2. The Kier molecular flexibility index (Phi) is 19.4. The number of aliphatic hydroxyl groups is 1. The lowest BCUT2D eigenvalue weighted by Gasteiger charge is -2.31. The number of benzene rings is 1. The number of rotatable bonds is 25. The van der Waals surface area contributed by atoms with E-state index in [1.165, 1.54) is 12.4 Å². The Morgan fingerprint density at radius 1 is 0.924 bits per heavy atom. The maximum Gasteiger partial charge on any atom is 0.343 e. The zero-order valence-electron chi connectivity index (χ0n) is 45.5. The minimum Gasteiger partial charge on any atom is -0.458 e. The number of esters is 1. The number of carbonyl (C=O) groups excluding carboxylic acids is 6. The largest absolute Gasteiger partial charge is 0.458 e. The third-order valence-electron chi connectivity index (χ3n) is 13.8. The molecule has 0 saturated carbocycles. The van der Waals surface area contributed by atoms with Crippen LogP contribution in [0.3, 0.4) is 0 Å². The van der Waals surface area contributed by atoms with Gasteiger partial charge in [0.1, 0.15) is 32.0 Å². The molecule has 0 radical (unpaired) electrons. The normalized spacial score (nSPS) is 15.7. The number of hydrogen-bond acceptors (Lipinski definition) is 18. The zero-order chi connectivity index (χ0) is 57.2. The number of nitrogens with one attached hydrogen (secondary N) is 4. The molecule has 3 aromatic heterocycles. The number of pyridine rings is 2. The van der Waals surface area contributed by atoms with Crippen LogP contribution in [0.25, 0.3) is 22.3 Å². The zero-order valence-corrected chi connectivity index (χ0v) is 46.3. The van der Waals surface area contributed by atoms with Crippen LogP contribution >= 0.6 is 0 Å². The Labute approximate surface area is 457 Å². The van der Waals surface area contributed by atoms with Crippen LogP contribution in [0.4, 0.5) is 0 Å². The standard InChI is InChI=1S/C54H68N10O14S/c1-8-54(72)38-22-41-48-36(27-64(41)51(70)37(38)28-76-52(54)71)34(35-21-42-43(78-31-77-42)23-40(35)59-48)18-20-63(9-2)46(67)29-75-30-58-45(66)26-55-49(68)39(16-13-14-19-62(5)6)60-50(69)47(32(3)4)61-44(65)17-12-10-11-15-33-24-56-53(57-25-33)79(7,73)74/h21-25,32,39,47,72H,8-10,12-14,16-20,26-31H2,1-7H3,(H,55,68)(H,58,66)(H,60,69)(H,61,65)/t39-,47-,54-/m0/s1. The molecule has 3 atom stereocenters. The van der Waals surface area contributed by atoms with Crippen LogP contribution in [0.2, 0.25) is 0 Å². The van der Waals surface area contributed by atoms with Crippen LogP contribution in [0.5, 0.6) is 11.5 Å². The fraction of sp³-hybridized carbons (Fsp3) is 0.519. The molecule has 1 aromatic carbocycles. The Hall–Kier alpha value is -7.53. The first-order valence-electron chi connectivity index (χ1n) is 26.2. The molecule has 3 aliphatic heterocycles. The molecule has 4 aromatic rings. The number of likely N-dealkylation sites (N-methyl/N-ethyl adjacent to an activating group) is 1. The molecule has 5 amide bonds. The number of amides is 5. The van der Waals surface area contributed by atoms with Crippen molar-refractivity contribution in [3.05, 3.63) is 68.8 Å². The van der Waals surface area contributed by atoms with E-state index in [9.17, 15) is 47.1 Å². The number of fused-ring (bicyclic) bond motifs is 6. The molecule has 7 rings (SSSR count). The summed E-state index contributed by atoms with van der Waals surface area (Å²) in [6.45, 7) is 6.98. The summed E-state index contributed by atoms with van der Waals surface area (Å²) in [7, 11) is 0.298. The van der Waals surface area contributed by atoms with Crippen LogP contribution in [-0.4, -0.2) is 157 Å². The molecular weight excluding hydrogens is 1040 g/mol. The summed E-state index contributed by atoms with van der Waals surface area (Å²) >= 11 is 0.